The van der Waals surface area contributed by atoms with Gasteiger partial charge in [0.2, 0.25) is 0 Å². The zero-order valence-corrected chi connectivity index (χ0v) is 19.8. The summed E-state index contributed by atoms with van der Waals surface area (Å²) in [7, 11) is 0. The van der Waals surface area contributed by atoms with Gasteiger partial charge in [-0.25, -0.2) is 4.79 Å². The molecule has 1 spiro atoms. The van der Waals surface area contributed by atoms with Gasteiger partial charge in [-0.15, -0.1) is 5.06 Å². The minimum atomic E-state index is -0.469. The van der Waals surface area contributed by atoms with Crippen LogP contribution in [0.4, 0.5) is 10.5 Å². The summed E-state index contributed by atoms with van der Waals surface area (Å²) in [6.45, 7) is 9.54. The number of benzene rings is 2. The van der Waals surface area contributed by atoms with Gasteiger partial charge in [0.15, 0.2) is 0 Å². The predicted molar refractivity (Wildman–Crippen MR) is 127 cm³/mol. The summed E-state index contributed by atoms with van der Waals surface area (Å²) in [5.74, 6) is 0. The molecule has 0 atom stereocenters. The van der Waals surface area contributed by atoms with Crippen molar-refractivity contribution >= 4 is 29.1 Å². The monoisotopic (exact) mass is 455 g/mol. The van der Waals surface area contributed by atoms with Crippen LogP contribution in [0, 0.1) is 6.92 Å². The van der Waals surface area contributed by atoms with Gasteiger partial charge >= 0.3 is 6.09 Å². The number of para-hydroxylation sites is 1. The van der Waals surface area contributed by atoms with E-state index >= 15 is 0 Å². The molecule has 2 N–H and O–H groups in total. The summed E-state index contributed by atoms with van der Waals surface area (Å²) in [6, 6.07) is 13.7. The van der Waals surface area contributed by atoms with Crippen molar-refractivity contribution in [1.29, 1.82) is 0 Å². The molecule has 0 saturated carbocycles. The molecule has 1 fully saturated rings. The number of nitrogens with zero attached hydrogens (tertiary/aromatic N) is 1. The molecule has 4 rings (SSSR count). The van der Waals surface area contributed by atoms with E-state index < -0.39 is 11.7 Å². The van der Waals surface area contributed by atoms with E-state index in [0.29, 0.717) is 31.0 Å². The van der Waals surface area contributed by atoms with Crippen LogP contribution in [0.5, 0.6) is 0 Å². The second-order valence-electron chi connectivity index (χ2n) is 9.51. The van der Waals surface area contributed by atoms with Gasteiger partial charge in [0.05, 0.1) is 11.4 Å². The topological polar surface area (TPSA) is 62.8 Å². The van der Waals surface area contributed by atoms with Crippen LogP contribution in [0.2, 0.25) is 5.02 Å². The van der Waals surface area contributed by atoms with Gasteiger partial charge in [0, 0.05) is 18.1 Å². The lowest BCUT2D eigenvalue weighted by Gasteiger charge is -2.35. The van der Waals surface area contributed by atoms with Crippen molar-refractivity contribution in [3.8, 4) is 0 Å². The second kappa shape index (κ2) is 8.77. The highest BCUT2D eigenvalue weighted by Crippen LogP contribution is 2.35. The lowest BCUT2D eigenvalue weighted by molar-refractivity contribution is -0.153. The van der Waals surface area contributed by atoms with Crippen LogP contribution >= 0.6 is 11.6 Å². The quantitative estimate of drug-likeness (QED) is 0.610. The number of nitrogens with one attached hydrogen (secondary N) is 2. The van der Waals surface area contributed by atoms with Gasteiger partial charge in [-0.1, -0.05) is 62.7 Å². The number of halogens is 1. The third-order valence-electron chi connectivity index (χ3n) is 6.02. The van der Waals surface area contributed by atoms with E-state index in [-0.39, 0.29) is 5.41 Å². The molecular formula is C25H30ClN3O3. The van der Waals surface area contributed by atoms with Crippen molar-refractivity contribution in [2.24, 2.45) is 0 Å². The maximum absolute atomic E-state index is 12.6. The van der Waals surface area contributed by atoms with Crippen LogP contribution in [0.3, 0.4) is 0 Å². The smallest absolute Gasteiger partial charge is 0.351 e. The Morgan fingerprint density at radius 2 is 1.84 bits per heavy atom. The van der Waals surface area contributed by atoms with E-state index in [4.69, 9.17) is 21.3 Å². The Labute approximate surface area is 194 Å². The van der Waals surface area contributed by atoms with Crippen LogP contribution in [-0.2, 0) is 15.1 Å². The van der Waals surface area contributed by atoms with Crippen molar-refractivity contribution < 1.29 is 14.5 Å². The van der Waals surface area contributed by atoms with Crippen LogP contribution < -0.4 is 10.8 Å². The van der Waals surface area contributed by atoms with E-state index in [1.54, 1.807) is 5.06 Å². The lowest BCUT2D eigenvalue weighted by Crippen LogP contribution is -2.45. The van der Waals surface area contributed by atoms with Gasteiger partial charge in [-0.3, -0.25) is 15.6 Å². The first-order chi connectivity index (χ1) is 15.2. The van der Waals surface area contributed by atoms with Crippen molar-refractivity contribution in [1.82, 2.24) is 10.5 Å². The Hall–Kier alpha value is -2.54. The van der Waals surface area contributed by atoms with E-state index in [0.717, 1.165) is 28.1 Å². The van der Waals surface area contributed by atoms with E-state index in [1.807, 2.05) is 49.4 Å². The fourth-order valence-corrected chi connectivity index (χ4v) is 4.28. The Balaban J connectivity index is 1.36. The number of amides is 1. The third kappa shape index (κ3) is 4.93. The SMILES string of the molecule is Cc1cccc(C(C)(C)C)c1NC(=O)ON1CCC2(C=C(c3ccc(Cl)cc3)NO2)CC1. The summed E-state index contributed by atoms with van der Waals surface area (Å²) in [4.78, 5) is 24.2. The number of rotatable bonds is 3. The van der Waals surface area contributed by atoms with Gasteiger partial charge in [0.1, 0.15) is 5.60 Å². The molecule has 0 radical (unpaired) electrons. The van der Waals surface area contributed by atoms with Gasteiger partial charge in [-0.2, -0.15) is 0 Å². The Morgan fingerprint density at radius 1 is 1.16 bits per heavy atom. The van der Waals surface area contributed by atoms with Crippen LogP contribution in [0.15, 0.2) is 48.5 Å². The number of piperidine rings is 1. The largest absolute Gasteiger partial charge is 0.430 e. The van der Waals surface area contributed by atoms with Crippen LogP contribution in [-0.4, -0.2) is 29.8 Å². The van der Waals surface area contributed by atoms with Crippen molar-refractivity contribution in [2.45, 2.75) is 51.6 Å². The zero-order valence-electron chi connectivity index (χ0n) is 19.0. The number of hydroxylamine groups is 3. The third-order valence-corrected chi connectivity index (χ3v) is 6.27. The first-order valence-corrected chi connectivity index (χ1v) is 11.3. The van der Waals surface area contributed by atoms with E-state index in [2.05, 4.69) is 37.6 Å². The van der Waals surface area contributed by atoms with Crippen molar-refractivity contribution in [3.63, 3.8) is 0 Å². The number of hydrogen-bond donors (Lipinski definition) is 2. The molecule has 0 aromatic heterocycles. The Morgan fingerprint density at radius 3 is 2.50 bits per heavy atom. The molecule has 2 aliphatic heterocycles. The summed E-state index contributed by atoms with van der Waals surface area (Å²) < 4.78 is 0. The molecule has 2 heterocycles. The molecule has 170 valence electrons. The highest BCUT2D eigenvalue weighted by Gasteiger charge is 2.40. The molecule has 2 aromatic rings. The molecule has 7 heteroatoms. The van der Waals surface area contributed by atoms with Gasteiger partial charge in [-0.05, 0) is 60.1 Å². The first-order valence-electron chi connectivity index (χ1n) is 10.9. The Kier molecular flexibility index (Phi) is 6.21. The fraction of sp³-hybridized carbons (Fsp3) is 0.400. The maximum Gasteiger partial charge on any atom is 0.430 e. The summed E-state index contributed by atoms with van der Waals surface area (Å²) in [5, 5.41) is 5.36. The molecule has 0 aliphatic carbocycles. The highest BCUT2D eigenvalue weighted by atomic mass is 35.5. The van der Waals surface area contributed by atoms with Crippen LogP contribution in [0.1, 0.15) is 50.3 Å². The maximum atomic E-state index is 12.6. The highest BCUT2D eigenvalue weighted by molar-refractivity contribution is 6.30. The first kappa shape index (κ1) is 22.6. The number of anilines is 1. The number of hydrogen-bond acceptors (Lipinski definition) is 5. The molecule has 0 bridgehead atoms. The van der Waals surface area contributed by atoms with Gasteiger partial charge in [0.25, 0.3) is 0 Å². The Bertz CT molecular complexity index is 1020. The molecule has 32 heavy (non-hydrogen) atoms. The minimum Gasteiger partial charge on any atom is -0.351 e. The van der Waals surface area contributed by atoms with Crippen molar-refractivity contribution in [2.75, 3.05) is 18.4 Å². The summed E-state index contributed by atoms with van der Waals surface area (Å²) in [5.41, 5.74) is 7.42. The molecular weight excluding hydrogens is 426 g/mol. The molecule has 0 unspecified atom stereocenters. The standard InChI is InChI=1S/C25H30ClN3O3/c1-17-6-5-7-20(24(2,3)4)22(17)27-23(30)31-29-14-12-25(13-15-29)16-21(28-32-25)18-8-10-19(26)11-9-18/h5-11,16,28H,12-15H2,1-4H3,(H,27,30). The second-order valence-corrected chi connectivity index (χ2v) is 9.95. The van der Waals surface area contributed by atoms with E-state index in [9.17, 15) is 4.79 Å². The van der Waals surface area contributed by atoms with Gasteiger partial charge < -0.3 is 4.84 Å². The molecule has 1 saturated heterocycles. The number of carbonyl (C=O) groups excluding carboxylic acids is 1. The summed E-state index contributed by atoms with van der Waals surface area (Å²) in [6.07, 6.45) is 3.07. The molecule has 1 amide bonds. The van der Waals surface area contributed by atoms with Crippen molar-refractivity contribution in [3.05, 3.63) is 70.3 Å². The van der Waals surface area contributed by atoms with E-state index in [1.165, 1.54) is 0 Å². The average molecular weight is 456 g/mol. The fourth-order valence-electron chi connectivity index (χ4n) is 4.15. The summed E-state index contributed by atoms with van der Waals surface area (Å²) >= 11 is 5.99. The lowest BCUT2D eigenvalue weighted by atomic mass is 9.84. The number of aryl methyl sites for hydroxylation is 1. The molecule has 6 nitrogen and oxygen atoms in total. The normalized spacial score (nSPS) is 18.2. The molecule has 2 aromatic carbocycles. The number of carbonyl (C=O) groups is 1. The zero-order chi connectivity index (χ0) is 22.9. The predicted octanol–water partition coefficient (Wildman–Crippen LogP) is 5.82. The minimum absolute atomic E-state index is 0.0902. The molecule has 2 aliphatic rings. The average Bonchev–Trinajstić information content (AvgIpc) is 3.15. The van der Waals surface area contributed by atoms with Crippen LogP contribution in [0.25, 0.3) is 5.70 Å².